The van der Waals surface area contributed by atoms with Crippen LogP contribution in [-0.2, 0) is 4.79 Å². The predicted molar refractivity (Wildman–Crippen MR) is 131 cm³/mol. The molecule has 2 heterocycles. The lowest BCUT2D eigenvalue weighted by molar-refractivity contribution is -0.112. The van der Waals surface area contributed by atoms with Gasteiger partial charge in [-0.1, -0.05) is 29.8 Å². The van der Waals surface area contributed by atoms with Gasteiger partial charge >= 0.3 is 0 Å². The number of nitriles is 1. The van der Waals surface area contributed by atoms with Crippen molar-refractivity contribution in [2.45, 2.75) is 13.8 Å². The zero-order chi connectivity index (χ0) is 24.2. The van der Waals surface area contributed by atoms with Crippen LogP contribution in [-0.4, -0.2) is 15.3 Å². The number of aromatic nitrogens is 2. The molecule has 4 aromatic rings. The molecule has 7 nitrogen and oxygen atoms in total. The second-order valence-electron chi connectivity index (χ2n) is 7.57. The standard InChI is InChI=1S/C26H19ClN4O3/c1-16-6-5-7-19(12-16)29-24(32)18(15-28)14-21-25(34-20-9-10-22(27)17(2)13-20)30-23-8-3-4-11-31(23)26(21)33/h3-14H,1-2H3,(H,29,32)/b18-14-. The van der Waals surface area contributed by atoms with Crippen molar-refractivity contribution in [3.63, 3.8) is 0 Å². The number of carbonyl (C=O) groups is 1. The molecule has 0 atom stereocenters. The van der Waals surface area contributed by atoms with Crippen molar-refractivity contribution in [2.24, 2.45) is 0 Å². The van der Waals surface area contributed by atoms with Gasteiger partial charge in [-0.2, -0.15) is 10.2 Å². The summed E-state index contributed by atoms with van der Waals surface area (Å²) >= 11 is 6.10. The van der Waals surface area contributed by atoms with E-state index in [1.54, 1.807) is 60.8 Å². The number of fused-ring (bicyclic) bond motifs is 1. The third-order valence-corrected chi connectivity index (χ3v) is 5.43. The Balaban J connectivity index is 1.81. The van der Waals surface area contributed by atoms with Crippen LogP contribution in [0.3, 0.4) is 0 Å². The Morgan fingerprint density at radius 2 is 1.97 bits per heavy atom. The number of rotatable bonds is 5. The highest BCUT2D eigenvalue weighted by Gasteiger charge is 2.18. The van der Waals surface area contributed by atoms with Gasteiger partial charge in [-0.05, 0) is 73.5 Å². The molecule has 0 spiro atoms. The van der Waals surface area contributed by atoms with Crippen molar-refractivity contribution in [1.29, 1.82) is 5.26 Å². The third-order valence-electron chi connectivity index (χ3n) is 5.01. The Bertz CT molecular complexity index is 1550. The van der Waals surface area contributed by atoms with Crippen molar-refractivity contribution in [2.75, 3.05) is 5.32 Å². The molecule has 0 unspecified atom stereocenters. The van der Waals surface area contributed by atoms with Gasteiger partial charge < -0.3 is 10.1 Å². The third kappa shape index (κ3) is 4.82. The average molecular weight is 471 g/mol. The summed E-state index contributed by atoms with van der Waals surface area (Å²) in [5, 5.41) is 12.9. The summed E-state index contributed by atoms with van der Waals surface area (Å²) in [7, 11) is 0. The zero-order valence-corrected chi connectivity index (χ0v) is 19.1. The number of aryl methyl sites for hydroxylation is 2. The molecule has 0 aliphatic rings. The molecule has 0 bridgehead atoms. The molecule has 168 valence electrons. The summed E-state index contributed by atoms with van der Waals surface area (Å²) in [5.74, 6) is -0.278. The second-order valence-corrected chi connectivity index (χ2v) is 7.98. The lowest BCUT2D eigenvalue weighted by atomic mass is 10.1. The molecule has 0 saturated carbocycles. The molecule has 1 amide bonds. The Morgan fingerprint density at radius 1 is 1.15 bits per heavy atom. The molecular formula is C26H19ClN4O3. The molecule has 2 aromatic carbocycles. The SMILES string of the molecule is Cc1cccc(NC(=O)/C(C#N)=C\c2c(Oc3ccc(Cl)c(C)c3)nc3ccccn3c2=O)c1. The lowest BCUT2D eigenvalue weighted by Gasteiger charge is -2.11. The normalized spacial score (nSPS) is 11.2. The van der Waals surface area contributed by atoms with E-state index in [1.165, 1.54) is 10.5 Å². The minimum atomic E-state index is -0.654. The summed E-state index contributed by atoms with van der Waals surface area (Å²) in [6.45, 7) is 3.71. The molecule has 0 fully saturated rings. The number of ether oxygens (including phenoxy) is 1. The zero-order valence-electron chi connectivity index (χ0n) is 18.4. The summed E-state index contributed by atoms with van der Waals surface area (Å²) in [6.07, 6.45) is 2.75. The van der Waals surface area contributed by atoms with Crippen molar-refractivity contribution in [1.82, 2.24) is 9.38 Å². The van der Waals surface area contributed by atoms with E-state index in [4.69, 9.17) is 16.3 Å². The van der Waals surface area contributed by atoms with Crippen molar-refractivity contribution >= 4 is 34.9 Å². The quantitative estimate of drug-likeness (QED) is 0.315. The van der Waals surface area contributed by atoms with E-state index >= 15 is 0 Å². The Morgan fingerprint density at radius 3 is 2.71 bits per heavy atom. The highest BCUT2D eigenvalue weighted by molar-refractivity contribution is 6.31. The number of nitrogens with one attached hydrogen (secondary N) is 1. The summed E-state index contributed by atoms with van der Waals surface area (Å²) < 4.78 is 7.24. The van der Waals surface area contributed by atoms with Gasteiger partial charge in [-0.3, -0.25) is 14.0 Å². The van der Waals surface area contributed by atoms with Gasteiger partial charge in [-0.25, -0.2) is 0 Å². The maximum absolute atomic E-state index is 13.3. The van der Waals surface area contributed by atoms with E-state index in [0.717, 1.165) is 11.1 Å². The molecule has 1 N–H and O–H groups in total. The molecular weight excluding hydrogens is 452 g/mol. The van der Waals surface area contributed by atoms with E-state index in [0.29, 0.717) is 22.1 Å². The number of pyridine rings is 1. The number of carbonyl (C=O) groups excluding carboxylic acids is 1. The highest BCUT2D eigenvalue weighted by Crippen LogP contribution is 2.27. The molecule has 8 heteroatoms. The second kappa shape index (κ2) is 9.61. The summed E-state index contributed by atoms with van der Waals surface area (Å²) in [6, 6.07) is 19.1. The maximum Gasteiger partial charge on any atom is 0.269 e. The molecule has 0 saturated heterocycles. The molecule has 4 rings (SSSR count). The number of hydrogen-bond donors (Lipinski definition) is 1. The van der Waals surface area contributed by atoms with Gasteiger partial charge in [0.2, 0.25) is 5.88 Å². The van der Waals surface area contributed by atoms with Crippen molar-refractivity contribution in [3.8, 4) is 17.7 Å². The Hall–Kier alpha value is -4.41. The van der Waals surface area contributed by atoms with Gasteiger partial charge in [0.05, 0.1) is 0 Å². The van der Waals surface area contributed by atoms with Gasteiger partial charge in [0.1, 0.15) is 28.6 Å². The van der Waals surface area contributed by atoms with Crippen molar-refractivity contribution < 1.29 is 9.53 Å². The molecule has 34 heavy (non-hydrogen) atoms. The van der Waals surface area contributed by atoms with Crippen LogP contribution in [0, 0.1) is 25.2 Å². The molecule has 0 aliphatic heterocycles. The lowest BCUT2D eigenvalue weighted by Crippen LogP contribution is -2.20. The summed E-state index contributed by atoms with van der Waals surface area (Å²) in [5.41, 5.74) is 1.83. The fourth-order valence-electron chi connectivity index (χ4n) is 3.29. The molecule has 0 radical (unpaired) electrons. The monoisotopic (exact) mass is 470 g/mol. The fourth-order valence-corrected chi connectivity index (χ4v) is 3.41. The smallest absolute Gasteiger partial charge is 0.269 e. The van der Waals surface area contributed by atoms with Crippen LogP contribution in [0.2, 0.25) is 5.02 Å². The summed E-state index contributed by atoms with van der Waals surface area (Å²) in [4.78, 5) is 30.5. The van der Waals surface area contributed by atoms with E-state index in [9.17, 15) is 14.9 Å². The molecule has 2 aromatic heterocycles. The van der Waals surface area contributed by atoms with Crippen molar-refractivity contribution in [3.05, 3.63) is 105 Å². The number of halogens is 1. The average Bonchev–Trinajstić information content (AvgIpc) is 2.81. The van der Waals surface area contributed by atoms with E-state index in [2.05, 4.69) is 10.3 Å². The van der Waals surface area contributed by atoms with E-state index in [-0.39, 0.29) is 17.0 Å². The predicted octanol–water partition coefficient (Wildman–Crippen LogP) is 5.30. The number of nitrogens with zero attached hydrogens (tertiary/aromatic N) is 3. The first-order chi connectivity index (χ1) is 16.4. The topological polar surface area (TPSA) is 96.5 Å². The first-order valence-corrected chi connectivity index (χ1v) is 10.7. The van der Waals surface area contributed by atoms with Crippen LogP contribution in [0.15, 0.2) is 77.2 Å². The van der Waals surface area contributed by atoms with Gasteiger partial charge in [0.15, 0.2) is 0 Å². The van der Waals surface area contributed by atoms with Crippen LogP contribution in [0.5, 0.6) is 11.6 Å². The Labute approximate surface area is 200 Å². The first kappa shape index (κ1) is 22.8. The van der Waals surface area contributed by atoms with Crippen LogP contribution in [0.4, 0.5) is 5.69 Å². The van der Waals surface area contributed by atoms with Crippen LogP contribution >= 0.6 is 11.6 Å². The van der Waals surface area contributed by atoms with Crippen LogP contribution in [0.1, 0.15) is 16.7 Å². The minimum Gasteiger partial charge on any atom is -0.438 e. The maximum atomic E-state index is 13.3. The van der Waals surface area contributed by atoms with Gasteiger partial charge in [0.25, 0.3) is 11.5 Å². The first-order valence-electron chi connectivity index (χ1n) is 10.3. The fraction of sp³-hybridized carbons (Fsp3) is 0.0769. The highest BCUT2D eigenvalue weighted by atomic mass is 35.5. The molecule has 0 aliphatic carbocycles. The van der Waals surface area contributed by atoms with E-state index in [1.807, 2.05) is 26.0 Å². The minimum absolute atomic E-state index is 0.0333. The number of benzene rings is 2. The van der Waals surface area contributed by atoms with Gasteiger partial charge in [0, 0.05) is 16.9 Å². The van der Waals surface area contributed by atoms with Crippen LogP contribution < -0.4 is 15.6 Å². The Kier molecular flexibility index (Phi) is 6.44. The number of amides is 1. The van der Waals surface area contributed by atoms with E-state index < -0.39 is 11.5 Å². The van der Waals surface area contributed by atoms with Crippen LogP contribution in [0.25, 0.3) is 11.7 Å². The largest absolute Gasteiger partial charge is 0.438 e. The number of hydrogen-bond acceptors (Lipinski definition) is 5. The number of anilines is 1. The van der Waals surface area contributed by atoms with Gasteiger partial charge in [-0.15, -0.1) is 0 Å².